The molecule has 1 aromatic carbocycles. The maximum absolute atomic E-state index is 8.93. The highest BCUT2D eigenvalue weighted by Crippen LogP contribution is 2.25. The lowest BCUT2D eigenvalue weighted by atomic mass is 10.3. The van der Waals surface area contributed by atoms with Gasteiger partial charge in [0.25, 0.3) is 0 Å². The van der Waals surface area contributed by atoms with Gasteiger partial charge in [-0.25, -0.2) is 4.98 Å². The van der Waals surface area contributed by atoms with E-state index < -0.39 is 0 Å². The normalized spacial score (nSPS) is 9.91. The van der Waals surface area contributed by atoms with Crippen molar-refractivity contribution in [2.45, 2.75) is 0 Å². The molecule has 0 saturated carbocycles. The smallest absolute Gasteiger partial charge is 0.231 e. The lowest BCUT2D eigenvalue weighted by Crippen LogP contribution is -2.26. The second kappa shape index (κ2) is 9.28. The lowest BCUT2D eigenvalue weighted by molar-refractivity contribution is 0.274. The molecule has 0 aliphatic heterocycles. The summed E-state index contributed by atoms with van der Waals surface area (Å²) >= 11 is 0. The van der Waals surface area contributed by atoms with Crippen LogP contribution in [0.5, 0.6) is 17.4 Å². The number of methoxy groups -OCH3 is 1. The molecule has 23 heavy (non-hydrogen) atoms. The Labute approximate surface area is 135 Å². The van der Waals surface area contributed by atoms with Gasteiger partial charge in [-0.05, 0) is 24.3 Å². The first-order chi connectivity index (χ1) is 11.3. The van der Waals surface area contributed by atoms with Crippen molar-refractivity contribution in [1.29, 1.82) is 5.26 Å². The molecule has 1 aromatic heterocycles. The molecule has 6 nitrogen and oxygen atoms in total. The molecule has 0 unspecified atom stereocenters. The molecular formula is C17H19N3O3. The Kier molecular flexibility index (Phi) is 6.69. The third-order valence-electron chi connectivity index (χ3n) is 3.01. The molecule has 1 heterocycles. The maximum atomic E-state index is 8.93. The largest absolute Gasteiger partial charge is 0.493 e. The average molecular weight is 313 g/mol. The van der Waals surface area contributed by atoms with E-state index in [1.54, 1.807) is 25.4 Å². The van der Waals surface area contributed by atoms with Gasteiger partial charge >= 0.3 is 0 Å². The van der Waals surface area contributed by atoms with Crippen LogP contribution < -0.4 is 19.5 Å². The molecule has 1 N–H and O–H groups in total. The number of pyridine rings is 1. The average Bonchev–Trinajstić information content (AvgIpc) is 2.61. The Balaban J connectivity index is 1.62. The Hall–Kier alpha value is -2.78. The van der Waals surface area contributed by atoms with Crippen LogP contribution in [0.1, 0.15) is 5.56 Å². The van der Waals surface area contributed by atoms with E-state index in [4.69, 9.17) is 19.5 Å². The van der Waals surface area contributed by atoms with Crippen molar-refractivity contribution in [3.8, 4) is 23.4 Å². The van der Waals surface area contributed by atoms with Gasteiger partial charge in [-0.1, -0.05) is 12.1 Å². The highest BCUT2D eigenvalue weighted by molar-refractivity contribution is 5.39. The van der Waals surface area contributed by atoms with Crippen molar-refractivity contribution in [3.05, 3.63) is 48.2 Å². The van der Waals surface area contributed by atoms with Gasteiger partial charge in [0.2, 0.25) is 5.88 Å². The fraction of sp³-hybridized carbons (Fsp3) is 0.294. The third kappa shape index (κ3) is 5.16. The second-order valence-electron chi connectivity index (χ2n) is 4.57. The molecule has 0 amide bonds. The number of hydrogen-bond acceptors (Lipinski definition) is 6. The van der Waals surface area contributed by atoms with E-state index in [0.717, 1.165) is 11.5 Å². The third-order valence-corrected chi connectivity index (χ3v) is 3.01. The SMILES string of the molecule is COc1ccccc1OCCNCCOc1ncccc1C#N. The summed E-state index contributed by atoms with van der Waals surface area (Å²) < 4.78 is 16.3. The van der Waals surface area contributed by atoms with Crippen molar-refractivity contribution in [2.24, 2.45) is 0 Å². The van der Waals surface area contributed by atoms with Crippen LogP contribution in [0, 0.1) is 11.3 Å². The molecule has 0 atom stereocenters. The summed E-state index contributed by atoms with van der Waals surface area (Å²) in [6, 6.07) is 13.0. The van der Waals surface area contributed by atoms with Crippen LogP contribution in [0.4, 0.5) is 0 Å². The van der Waals surface area contributed by atoms with Gasteiger partial charge in [-0.2, -0.15) is 5.26 Å². The summed E-state index contributed by atoms with van der Waals surface area (Å²) in [4.78, 5) is 4.03. The Morgan fingerprint density at radius 1 is 1.04 bits per heavy atom. The topological polar surface area (TPSA) is 76.4 Å². The fourth-order valence-electron chi connectivity index (χ4n) is 1.91. The molecule has 0 saturated heterocycles. The molecule has 0 bridgehead atoms. The summed E-state index contributed by atoms with van der Waals surface area (Å²) in [5.41, 5.74) is 0.437. The van der Waals surface area contributed by atoms with Gasteiger partial charge in [-0.3, -0.25) is 0 Å². The highest BCUT2D eigenvalue weighted by atomic mass is 16.5. The molecule has 0 aliphatic carbocycles. The van der Waals surface area contributed by atoms with Gasteiger partial charge in [0, 0.05) is 19.3 Å². The summed E-state index contributed by atoms with van der Waals surface area (Å²) in [5.74, 6) is 1.80. The quantitative estimate of drug-likeness (QED) is 0.714. The molecule has 0 spiro atoms. The van der Waals surface area contributed by atoms with Crippen molar-refractivity contribution in [3.63, 3.8) is 0 Å². The van der Waals surface area contributed by atoms with Gasteiger partial charge in [-0.15, -0.1) is 0 Å². The minimum atomic E-state index is 0.363. The predicted molar refractivity (Wildman–Crippen MR) is 85.8 cm³/mol. The van der Waals surface area contributed by atoms with E-state index in [-0.39, 0.29) is 0 Å². The zero-order valence-corrected chi connectivity index (χ0v) is 13.0. The van der Waals surface area contributed by atoms with Crippen LogP contribution in [0.2, 0.25) is 0 Å². The Morgan fingerprint density at radius 3 is 2.52 bits per heavy atom. The van der Waals surface area contributed by atoms with Crippen LogP contribution in [-0.2, 0) is 0 Å². The standard InChI is InChI=1S/C17H19N3O3/c1-21-15-6-2-3-7-16(15)22-11-9-19-10-12-23-17-14(13-18)5-4-8-20-17/h2-8,19H,9-12H2,1H3. The molecule has 6 heteroatoms. The summed E-state index contributed by atoms with van der Waals surface area (Å²) in [6.45, 7) is 2.26. The number of rotatable bonds is 9. The van der Waals surface area contributed by atoms with E-state index in [0.29, 0.717) is 37.7 Å². The molecule has 2 rings (SSSR count). The predicted octanol–water partition coefficient (Wildman–Crippen LogP) is 2.01. The van der Waals surface area contributed by atoms with Crippen molar-refractivity contribution in [1.82, 2.24) is 10.3 Å². The number of nitrogens with zero attached hydrogens (tertiary/aromatic N) is 2. The molecular weight excluding hydrogens is 294 g/mol. The van der Waals surface area contributed by atoms with Gasteiger partial charge in [0.05, 0.1) is 7.11 Å². The van der Waals surface area contributed by atoms with E-state index in [1.807, 2.05) is 30.3 Å². The number of hydrogen-bond donors (Lipinski definition) is 1. The van der Waals surface area contributed by atoms with E-state index in [9.17, 15) is 0 Å². The van der Waals surface area contributed by atoms with Crippen LogP contribution in [0.15, 0.2) is 42.6 Å². The van der Waals surface area contributed by atoms with Crippen molar-refractivity contribution < 1.29 is 14.2 Å². The molecule has 120 valence electrons. The Morgan fingerprint density at radius 2 is 1.78 bits per heavy atom. The first-order valence-electron chi connectivity index (χ1n) is 7.29. The highest BCUT2D eigenvalue weighted by Gasteiger charge is 2.03. The zero-order chi connectivity index (χ0) is 16.3. The number of ether oxygens (including phenoxy) is 3. The molecule has 0 fully saturated rings. The minimum absolute atomic E-state index is 0.363. The van der Waals surface area contributed by atoms with Gasteiger partial charge in [0.15, 0.2) is 11.5 Å². The summed E-state index contributed by atoms with van der Waals surface area (Å²) in [7, 11) is 1.62. The molecule has 0 radical (unpaired) electrons. The molecule has 2 aromatic rings. The van der Waals surface area contributed by atoms with E-state index in [1.165, 1.54) is 0 Å². The first kappa shape index (κ1) is 16.6. The van der Waals surface area contributed by atoms with Crippen LogP contribution >= 0.6 is 0 Å². The van der Waals surface area contributed by atoms with E-state index >= 15 is 0 Å². The summed E-state index contributed by atoms with van der Waals surface area (Å²) in [5, 5.41) is 12.1. The van der Waals surface area contributed by atoms with Gasteiger partial charge < -0.3 is 19.5 Å². The second-order valence-corrected chi connectivity index (χ2v) is 4.57. The summed E-state index contributed by atoms with van der Waals surface area (Å²) in [6.07, 6.45) is 1.60. The van der Waals surface area contributed by atoms with Crippen LogP contribution in [-0.4, -0.2) is 38.4 Å². The van der Waals surface area contributed by atoms with Gasteiger partial charge in [0.1, 0.15) is 24.8 Å². The first-order valence-corrected chi connectivity index (χ1v) is 7.29. The van der Waals surface area contributed by atoms with E-state index in [2.05, 4.69) is 10.3 Å². The maximum Gasteiger partial charge on any atom is 0.231 e. The monoisotopic (exact) mass is 313 g/mol. The zero-order valence-electron chi connectivity index (χ0n) is 13.0. The number of aromatic nitrogens is 1. The van der Waals surface area contributed by atoms with Crippen LogP contribution in [0.25, 0.3) is 0 Å². The number of benzene rings is 1. The Bertz CT molecular complexity index is 656. The van der Waals surface area contributed by atoms with Crippen LogP contribution in [0.3, 0.4) is 0 Å². The van der Waals surface area contributed by atoms with Crippen molar-refractivity contribution in [2.75, 3.05) is 33.4 Å². The molecule has 0 aliphatic rings. The lowest BCUT2D eigenvalue weighted by Gasteiger charge is -2.11. The number of nitrogens with one attached hydrogen (secondary N) is 1. The number of nitriles is 1. The minimum Gasteiger partial charge on any atom is -0.493 e. The van der Waals surface area contributed by atoms with Crippen molar-refractivity contribution >= 4 is 0 Å². The number of para-hydroxylation sites is 2. The fourth-order valence-corrected chi connectivity index (χ4v) is 1.91.